The zero-order valence-corrected chi connectivity index (χ0v) is 10.7. The molecule has 0 bridgehead atoms. The molecule has 1 aromatic heterocycles. The fraction of sp³-hybridized carbons (Fsp3) is 0.692. The van der Waals surface area contributed by atoms with Gasteiger partial charge >= 0.3 is 0 Å². The van der Waals surface area contributed by atoms with Crippen LogP contribution < -0.4 is 5.32 Å². The Hall–Kier alpha value is -0.800. The Labute approximate surface area is 98.2 Å². The van der Waals surface area contributed by atoms with E-state index in [1.54, 1.807) is 13.4 Å². The third-order valence-electron chi connectivity index (χ3n) is 2.87. The molecule has 1 N–H and O–H groups in total. The second kappa shape index (κ2) is 6.71. The summed E-state index contributed by atoms with van der Waals surface area (Å²) in [4.78, 5) is 0. The van der Waals surface area contributed by atoms with Gasteiger partial charge in [-0.1, -0.05) is 13.8 Å². The highest BCUT2D eigenvalue weighted by Gasteiger charge is 2.17. The Kier molecular flexibility index (Phi) is 5.56. The van der Waals surface area contributed by atoms with Gasteiger partial charge in [0.2, 0.25) is 0 Å². The fourth-order valence-corrected chi connectivity index (χ4v) is 1.79. The number of rotatable bonds is 7. The first-order valence-corrected chi connectivity index (χ1v) is 5.93. The number of methoxy groups -OCH3 is 1. The normalized spacial score (nSPS) is 15.3. The first-order valence-electron chi connectivity index (χ1n) is 5.93. The Morgan fingerprint density at radius 3 is 2.62 bits per heavy atom. The van der Waals surface area contributed by atoms with Crippen LogP contribution in [0.5, 0.6) is 0 Å². The molecule has 0 amide bonds. The maximum atomic E-state index is 5.39. The topological polar surface area (TPSA) is 34.4 Å². The molecule has 0 spiro atoms. The van der Waals surface area contributed by atoms with Crippen molar-refractivity contribution in [2.45, 2.75) is 39.3 Å². The van der Waals surface area contributed by atoms with Gasteiger partial charge in [0.25, 0.3) is 0 Å². The first-order chi connectivity index (χ1) is 7.65. The van der Waals surface area contributed by atoms with Crippen LogP contribution in [-0.2, 0) is 4.74 Å². The quantitative estimate of drug-likeness (QED) is 0.774. The van der Waals surface area contributed by atoms with Gasteiger partial charge in [0.05, 0.1) is 12.3 Å². The predicted molar refractivity (Wildman–Crippen MR) is 65.4 cm³/mol. The van der Waals surface area contributed by atoms with Crippen molar-refractivity contribution in [3.05, 3.63) is 24.2 Å². The van der Waals surface area contributed by atoms with Crippen molar-refractivity contribution in [1.82, 2.24) is 5.32 Å². The average molecular weight is 225 g/mol. The number of hydrogen-bond acceptors (Lipinski definition) is 3. The molecular formula is C13H23NO2. The van der Waals surface area contributed by atoms with Crippen LogP contribution >= 0.6 is 0 Å². The molecule has 1 aromatic rings. The van der Waals surface area contributed by atoms with Gasteiger partial charge in [0.1, 0.15) is 5.76 Å². The molecule has 0 saturated carbocycles. The van der Waals surface area contributed by atoms with Gasteiger partial charge in [-0.2, -0.15) is 0 Å². The van der Waals surface area contributed by atoms with Crippen LogP contribution in [-0.4, -0.2) is 19.8 Å². The minimum Gasteiger partial charge on any atom is -0.468 e. The van der Waals surface area contributed by atoms with Gasteiger partial charge in [-0.05, 0) is 31.4 Å². The molecule has 2 atom stereocenters. The van der Waals surface area contributed by atoms with Crippen molar-refractivity contribution in [3.63, 3.8) is 0 Å². The highest BCUT2D eigenvalue weighted by Crippen LogP contribution is 2.16. The van der Waals surface area contributed by atoms with Gasteiger partial charge < -0.3 is 14.5 Å². The minimum absolute atomic E-state index is 0.249. The Balaban J connectivity index is 2.47. The molecule has 0 aromatic carbocycles. The molecule has 0 aliphatic heterocycles. The molecule has 0 saturated heterocycles. The monoisotopic (exact) mass is 225 g/mol. The summed E-state index contributed by atoms with van der Waals surface area (Å²) in [5.41, 5.74) is 0. The lowest BCUT2D eigenvalue weighted by molar-refractivity contribution is 0.169. The van der Waals surface area contributed by atoms with Gasteiger partial charge in [-0.25, -0.2) is 0 Å². The molecule has 0 unspecified atom stereocenters. The van der Waals surface area contributed by atoms with Gasteiger partial charge in [-0.15, -0.1) is 0 Å². The van der Waals surface area contributed by atoms with Crippen LogP contribution in [0.25, 0.3) is 0 Å². The summed E-state index contributed by atoms with van der Waals surface area (Å²) in [5.74, 6) is 1.58. The van der Waals surface area contributed by atoms with E-state index in [9.17, 15) is 0 Å². The van der Waals surface area contributed by atoms with Crippen LogP contribution in [0.3, 0.4) is 0 Å². The summed E-state index contributed by atoms with van der Waals surface area (Å²) in [7, 11) is 1.74. The third-order valence-corrected chi connectivity index (χ3v) is 2.87. The Morgan fingerprint density at radius 2 is 2.12 bits per heavy atom. The molecule has 0 aliphatic carbocycles. The van der Waals surface area contributed by atoms with E-state index in [4.69, 9.17) is 9.15 Å². The molecule has 3 heteroatoms. The van der Waals surface area contributed by atoms with Crippen molar-refractivity contribution in [2.24, 2.45) is 5.92 Å². The van der Waals surface area contributed by atoms with Crippen LogP contribution in [0, 0.1) is 5.92 Å². The van der Waals surface area contributed by atoms with Crippen molar-refractivity contribution >= 4 is 0 Å². The number of nitrogens with one attached hydrogen (secondary N) is 1. The average Bonchev–Trinajstić information content (AvgIpc) is 2.76. The van der Waals surface area contributed by atoms with E-state index >= 15 is 0 Å². The van der Waals surface area contributed by atoms with E-state index in [0.29, 0.717) is 12.0 Å². The molecule has 1 heterocycles. The third kappa shape index (κ3) is 3.99. The van der Waals surface area contributed by atoms with E-state index in [2.05, 4.69) is 26.1 Å². The Morgan fingerprint density at radius 1 is 1.38 bits per heavy atom. The zero-order valence-electron chi connectivity index (χ0n) is 10.7. The Bertz CT molecular complexity index is 269. The van der Waals surface area contributed by atoms with E-state index in [0.717, 1.165) is 18.8 Å². The lowest BCUT2D eigenvalue weighted by Crippen LogP contribution is -2.36. The largest absolute Gasteiger partial charge is 0.468 e. The first kappa shape index (κ1) is 13.3. The number of furan rings is 1. The SMILES string of the molecule is COCC[C@@H](N[C@@H](C)c1ccco1)C(C)C. The molecule has 0 fully saturated rings. The molecule has 16 heavy (non-hydrogen) atoms. The van der Waals surface area contributed by atoms with Crippen LogP contribution in [0.4, 0.5) is 0 Å². The highest BCUT2D eigenvalue weighted by molar-refractivity contribution is 5.03. The molecule has 1 rings (SSSR count). The van der Waals surface area contributed by atoms with Crippen molar-refractivity contribution in [1.29, 1.82) is 0 Å². The molecule has 92 valence electrons. The van der Waals surface area contributed by atoms with E-state index in [-0.39, 0.29) is 6.04 Å². The number of hydrogen-bond donors (Lipinski definition) is 1. The standard InChI is InChI=1S/C13H23NO2/c1-10(2)12(7-9-15-4)14-11(3)13-6-5-8-16-13/h5-6,8,10-12,14H,7,9H2,1-4H3/t11-,12+/m0/s1. The lowest BCUT2D eigenvalue weighted by Gasteiger charge is -2.25. The zero-order chi connectivity index (χ0) is 12.0. The van der Waals surface area contributed by atoms with Crippen molar-refractivity contribution < 1.29 is 9.15 Å². The van der Waals surface area contributed by atoms with Crippen LogP contribution in [0.2, 0.25) is 0 Å². The maximum Gasteiger partial charge on any atom is 0.120 e. The van der Waals surface area contributed by atoms with Crippen LogP contribution in [0.1, 0.15) is 39.0 Å². The van der Waals surface area contributed by atoms with Gasteiger partial charge in [0, 0.05) is 19.8 Å². The van der Waals surface area contributed by atoms with E-state index < -0.39 is 0 Å². The van der Waals surface area contributed by atoms with Crippen molar-refractivity contribution in [2.75, 3.05) is 13.7 Å². The molecular weight excluding hydrogens is 202 g/mol. The smallest absolute Gasteiger partial charge is 0.120 e. The minimum atomic E-state index is 0.249. The van der Waals surface area contributed by atoms with Crippen molar-refractivity contribution in [3.8, 4) is 0 Å². The fourth-order valence-electron chi connectivity index (χ4n) is 1.79. The van der Waals surface area contributed by atoms with Crippen LogP contribution in [0.15, 0.2) is 22.8 Å². The summed E-state index contributed by atoms with van der Waals surface area (Å²) in [6, 6.07) is 4.64. The number of ether oxygens (including phenoxy) is 1. The molecule has 0 aliphatic rings. The summed E-state index contributed by atoms with van der Waals surface area (Å²) >= 11 is 0. The predicted octanol–water partition coefficient (Wildman–Crippen LogP) is 2.99. The van der Waals surface area contributed by atoms with Gasteiger partial charge in [0.15, 0.2) is 0 Å². The second-order valence-corrected chi connectivity index (χ2v) is 4.54. The van der Waals surface area contributed by atoms with E-state index in [1.165, 1.54) is 0 Å². The summed E-state index contributed by atoms with van der Waals surface area (Å²) in [6.07, 6.45) is 2.74. The summed E-state index contributed by atoms with van der Waals surface area (Å²) in [5, 5.41) is 3.58. The van der Waals surface area contributed by atoms with E-state index in [1.807, 2.05) is 12.1 Å². The van der Waals surface area contributed by atoms with Gasteiger partial charge in [-0.3, -0.25) is 0 Å². The lowest BCUT2D eigenvalue weighted by atomic mass is 10.00. The maximum absolute atomic E-state index is 5.39. The molecule has 3 nitrogen and oxygen atoms in total. The summed E-state index contributed by atoms with van der Waals surface area (Å²) < 4.78 is 10.5. The molecule has 0 radical (unpaired) electrons. The highest BCUT2D eigenvalue weighted by atomic mass is 16.5. The summed E-state index contributed by atoms with van der Waals surface area (Å²) in [6.45, 7) is 7.37. The second-order valence-electron chi connectivity index (χ2n) is 4.54.